The normalized spacial score (nSPS) is 14.3. The van der Waals surface area contributed by atoms with Gasteiger partial charge in [0.05, 0.1) is 16.8 Å². The summed E-state index contributed by atoms with van der Waals surface area (Å²) in [6.45, 7) is 9.68. The van der Waals surface area contributed by atoms with Crippen LogP contribution in [0.5, 0.6) is 0 Å². The lowest BCUT2D eigenvalue weighted by atomic mass is 9.95. The summed E-state index contributed by atoms with van der Waals surface area (Å²) in [5, 5.41) is 5.97. The minimum atomic E-state index is -0.943. The number of fused-ring (bicyclic) bond motifs is 2. The molecule has 0 radical (unpaired) electrons. The topological polar surface area (TPSA) is 84.4 Å². The van der Waals surface area contributed by atoms with Gasteiger partial charge in [0.2, 0.25) is 0 Å². The molecule has 1 aliphatic heterocycles. The minimum Gasteiger partial charge on any atom is -0.449 e. The number of esters is 1. The fraction of sp³-hybridized carbons (Fsp3) is 0.333. The maximum Gasteiger partial charge on any atom is 0.340 e. The van der Waals surface area contributed by atoms with E-state index in [9.17, 15) is 9.59 Å². The molecule has 1 N–H and O–H groups in total. The molecule has 4 aromatic rings. The molecule has 0 spiro atoms. The van der Waals surface area contributed by atoms with Gasteiger partial charge in [-0.25, -0.2) is 9.78 Å². The summed E-state index contributed by atoms with van der Waals surface area (Å²) in [5.41, 5.74) is 6.04. The minimum absolute atomic E-state index is 0.343. The Labute approximate surface area is 226 Å². The number of carbonyl (C=O) groups excluding carboxylic acids is 2. The second-order valence-electron chi connectivity index (χ2n) is 9.94. The van der Waals surface area contributed by atoms with Crippen molar-refractivity contribution >= 4 is 39.2 Å². The van der Waals surface area contributed by atoms with Crippen molar-refractivity contribution in [1.82, 2.24) is 14.9 Å². The van der Waals surface area contributed by atoms with Gasteiger partial charge in [0.15, 0.2) is 11.2 Å². The average Bonchev–Trinajstić information content (AvgIpc) is 3.38. The number of nitrogens with zero attached hydrogens (tertiary/aromatic N) is 3. The summed E-state index contributed by atoms with van der Waals surface area (Å²) in [6.07, 6.45) is 0.169. The molecule has 0 saturated heterocycles. The van der Waals surface area contributed by atoms with Crippen LogP contribution in [0.15, 0.2) is 53.9 Å². The second kappa shape index (κ2) is 11.0. The first-order valence-corrected chi connectivity index (χ1v) is 13.9. The van der Waals surface area contributed by atoms with Crippen LogP contribution < -0.4 is 5.32 Å². The predicted molar refractivity (Wildman–Crippen MR) is 151 cm³/mol. The number of carbonyl (C=O) groups is 2. The molecule has 2 aromatic carbocycles. The fourth-order valence-electron chi connectivity index (χ4n) is 4.77. The van der Waals surface area contributed by atoms with Crippen molar-refractivity contribution in [3.05, 3.63) is 76.3 Å². The molecule has 1 amide bonds. The molecule has 0 bridgehead atoms. The highest BCUT2D eigenvalue weighted by atomic mass is 32.1. The molecule has 38 heavy (non-hydrogen) atoms. The number of aromatic nitrogens is 2. The average molecular weight is 529 g/mol. The Hall–Kier alpha value is -3.62. The zero-order chi connectivity index (χ0) is 26.8. The van der Waals surface area contributed by atoms with Crippen molar-refractivity contribution in [2.24, 2.45) is 0 Å². The number of pyridine rings is 1. The van der Waals surface area contributed by atoms with E-state index in [-0.39, 0.29) is 5.91 Å². The summed E-state index contributed by atoms with van der Waals surface area (Å²) in [4.78, 5) is 38.6. The highest BCUT2D eigenvalue weighted by Crippen LogP contribution is 2.30. The van der Waals surface area contributed by atoms with Gasteiger partial charge in [-0.2, -0.15) is 0 Å². The number of amides is 1. The SMILES string of the molecule is CCC(OC(=O)c1c2c(nc3ccccc13)CCN(C(C)C)C2)C(=O)Nc1nc(-c2ccc(C)cc2)cs1. The van der Waals surface area contributed by atoms with Crippen LogP contribution in [0, 0.1) is 6.92 Å². The Morgan fingerprint density at radius 1 is 1.11 bits per heavy atom. The summed E-state index contributed by atoms with van der Waals surface area (Å²) in [6, 6.07) is 16.0. The molecule has 196 valence electrons. The van der Waals surface area contributed by atoms with Crippen LogP contribution in [0.25, 0.3) is 22.2 Å². The lowest BCUT2D eigenvalue weighted by Gasteiger charge is -2.32. The first kappa shape index (κ1) is 26.0. The molecular weight excluding hydrogens is 496 g/mol. The fourth-order valence-corrected chi connectivity index (χ4v) is 5.49. The van der Waals surface area contributed by atoms with Gasteiger partial charge in [-0.15, -0.1) is 11.3 Å². The molecule has 8 heteroatoms. The van der Waals surface area contributed by atoms with E-state index in [0.29, 0.717) is 29.7 Å². The summed E-state index contributed by atoms with van der Waals surface area (Å²) >= 11 is 1.35. The van der Waals surface area contributed by atoms with E-state index in [2.05, 4.69) is 29.0 Å². The maximum absolute atomic E-state index is 13.7. The lowest BCUT2D eigenvalue weighted by molar-refractivity contribution is -0.124. The molecule has 0 fully saturated rings. The van der Waals surface area contributed by atoms with Crippen molar-refractivity contribution in [2.75, 3.05) is 11.9 Å². The van der Waals surface area contributed by atoms with E-state index in [1.54, 1.807) is 0 Å². The van der Waals surface area contributed by atoms with Crippen LogP contribution in [0.1, 0.15) is 54.4 Å². The van der Waals surface area contributed by atoms with E-state index < -0.39 is 12.1 Å². The van der Waals surface area contributed by atoms with Crippen LogP contribution in [0.2, 0.25) is 0 Å². The lowest BCUT2D eigenvalue weighted by Crippen LogP contribution is -2.38. The van der Waals surface area contributed by atoms with Crippen LogP contribution >= 0.6 is 11.3 Å². The number of benzene rings is 2. The monoisotopic (exact) mass is 528 g/mol. The smallest absolute Gasteiger partial charge is 0.340 e. The van der Waals surface area contributed by atoms with Gasteiger partial charge < -0.3 is 4.74 Å². The molecule has 5 rings (SSSR count). The predicted octanol–water partition coefficient (Wildman–Crippen LogP) is 6.01. The molecule has 7 nitrogen and oxygen atoms in total. The van der Waals surface area contributed by atoms with Gasteiger partial charge in [0.25, 0.3) is 5.91 Å². The highest BCUT2D eigenvalue weighted by molar-refractivity contribution is 7.14. The van der Waals surface area contributed by atoms with Crippen molar-refractivity contribution in [3.63, 3.8) is 0 Å². The first-order chi connectivity index (χ1) is 18.3. The van der Waals surface area contributed by atoms with Crippen molar-refractivity contribution in [2.45, 2.75) is 59.2 Å². The molecular formula is C30H32N4O3S. The van der Waals surface area contributed by atoms with Gasteiger partial charge in [0, 0.05) is 53.1 Å². The molecule has 3 heterocycles. The number of thiazole rings is 1. The van der Waals surface area contributed by atoms with E-state index in [1.807, 2.05) is 67.8 Å². The zero-order valence-electron chi connectivity index (χ0n) is 22.2. The van der Waals surface area contributed by atoms with Crippen molar-refractivity contribution in [3.8, 4) is 11.3 Å². The van der Waals surface area contributed by atoms with Gasteiger partial charge in [-0.05, 0) is 33.3 Å². The number of nitrogens with one attached hydrogen (secondary N) is 1. The van der Waals surface area contributed by atoms with Gasteiger partial charge in [0.1, 0.15) is 0 Å². The Kier molecular flexibility index (Phi) is 7.53. The maximum atomic E-state index is 13.7. The van der Waals surface area contributed by atoms with E-state index in [0.717, 1.165) is 46.4 Å². The Bertz CT molecular complexity index is 1480. The zero-order valence-corrected chi connectivity index (χ0v) is 23.0. The van der Waals surface area contributed by atoms with E-state index >= 15 is 0 Å². The Morgan fingerprint density at radius 3 is 2.61 bits per heavy atom. The third-order valence-electron chi connectivity index (χ3n) is 7.00. The van der Waals surface area contributed by atoms with Crippen molar-refractivity contribution < 1.29 is 14.3 Å². The molecule has 2 aromatic heterocycles. The summed E-state index contributed by atoms with van der Waals surface area (Å²) in [7, 11) is 0. The number of aryl methyl sites for hydroxylation is 1. The quantitative estimate of drug-likeness (QED) is 0.296. The van der Waals surface area contributed by atoms with Crippen LogP contribution in [-0.2, 0) is 22.5 Å². The summed E-state index contributed by atoms with van der Waals surface area (Å²) in [5.74, 6) is -0.881. The highest BCUT2D eigenvalue weighted by Gasteiger charge is 2.30. The second-order valence-corrected chi connectivity index (χ2v) is 10.8. The van der Waals surface area contributed by atoms with Crippen LogP contribution in [-0.4, -0.2) is 45.4 Å². The first-order valence-electron chi connectivity index (χ1n) is 13.0. The third-order valence-corrected chi connectivity index (χ3v) is 7.76. The molecule has 0 aliphatic carbocycles. The van der Waals surface area contributed by atoms with Crippen LogP contribution in [0.4, 0.5) is 5.13 Å². The number of anilines is 1. The van der Waals surface area contributed by atoms with Crippen LogP contribution in [0.3, 0.4) is 0 Å². The van der Waals surface area contributed by atoms with Gasteiger partial charge in [-0.3, -0.25) is 20.0 Å². The molecule has 0 saturated carbocycles. The van der Waals surface area contributed by atoms with Gasteiger partial charge >= 0.3 is 5.97 Å². The third kappa shape index (κ3) is 5.33. The summed E-state index contributed by atoms with van der Waals surface area (Å²) < 4.78 is 5.87. The van der Waals surface area contributed by atoms with Gasteiger partial charge in [-0.1, -0.05) is 55.0 Å². The van der Waals surface area contributed by atoms with E-state index in [1.165, 1.54) is 16.9 Å². The number of hydrogen-bond acceptors (Lipinski definition) is 7. The number of rotatable bonds is 7. The molecule has 1 aliphatic rings. The molecule has 1 atom stereocenters. The number of ether oxygens (including phenoxy) is 1. The molecule has 1 unspecified atom stereocenters. The largest absolute Gasteiger partial charge is 0.449 e. The Morgan fingerprint density at radius 2 is 1.87 bits per heavy atom. The number of para-hydroxylation sites is 1. The number of hydrogen-bond donors (Lipinski definition) is 1. The van der Waals surface area contributed by atoms with Crippen molar-refractivity contribution in [1.29, 1.82) is 0 Å². The standard InChI is InChI=1S/C30H32N4O3S/c1-5-26(28(35)33-30-32-25(17-38-30)20-12-10-19(4)11-13-20)37-29(36)27-21-8-6-7-9-23(21)31-24-14-15-34(18(2)3)16-22(24)27/h6-13,17-18,26H,5,14-16H2,1-4H3,(H,32,33,35). The Balaban J connectivity index is 1.38. The van der Waals surface area contributed by atoms with E-state index in [4.69, 9.17) is 9.72 Å².